The number of amides is 2. The van der Waals surface area contributed by atoms with Gasteiger partial charge in [0, 0.05) is 12.0 Å². The third-order valence-electron chi connectivity index (χ3n) is 3.73. The first-order valence-electron chi connectivity index (χ1n) is 8.14. The first-order chi connectivity index (χ1) is 12.0. The Bertz CT molecular complexity index is 746. The molecule has 1 aliphatic heterocycles. The third kappa shape index (κ3) is 4.09. The van der Waals surface area contributed by atoms with Gasteiger partial charge in [-0.1, -0.05) is 18.2 Å². The summed E-state index contributed by atoms with van der Waals surface area (Å²) in [5, 5.41) is 0. The van der Waals surface area contributed by atoms with Crippen molar-refractivity contribution in [3.63, 3.8) is 0 Å². The van der Waals surface area contributed by atoms with E-state index in [9.17, 15) is 9.59 Å². The van der Waals surface area contributed by atoms with E-state index in [0.29, 0.717) is 23.5 Å². The van der Waals surface area contributed by atoms with Crippen molar-refractivity contribution in [1.29, 1.82) is 0 Å². The number of fused-ring (bicyclic) bond motifs is 1. The SMILES string of the molecule is CC(C)Oc1ccc(C(=O)NNC(=O)[C@H]2Cc3ccccc3O2)cc1. The molecule has 0 aromatic heterocycles. The van der Waals surface area contributed by atoms with Crippen molar-refractivity contribution in [2.24, 2.45) is 0 Å². The second-order valence-electron chi connectivity index (χ2n) is 6.05. The molecule has 0 bridgehead atoms. The lowest BCUT2D eigenvalue weighted by atomic mass is 10.1. The molecule has 1 heterocycles. The van der Waals surface area contributed by atoms with Crippen LogP contribution < -0.4 is 20.3 Å². The van der Waals surface area contributed by atoms with Gasteiger partial charge >= 0.3 is 0 Å². The van der Waals surface area contributed by atoms with E-state index in [1.54, 1.807) is 24.3 Å². The molecule has 130 valence electrons. The van der Waals surface area contributed by atoms with Crippen molar-refractivity contribution in [3.8, 4) is 11.5 Å². The van der Waals surface area contributed by atoms with Gasteiger partial charge < -0.3 is 9.47 Å². The maximum atomic E-state index is 12.2. The van der Waals surface area contributed by atoms with Gasteiger partial charge in [0.1, 0.15) is 11.5 Å². The summed E-state index contributed by atoms with van der Waals surface area (Å²) in [5.74, 6) is 0.603. The molecule has 2 aromatic rings. The number of nitrogens with one attached hydrogen (secondary N) is 2. The van der Waals surface area contributed by atoms with E-state index in [1.165, 1.54) is 0 Å². The normalized spacial score (nSPS) is 15.2. The van der Waals surface area contributed by atoms with Crippen molar-refractivity contribution in [1.82, 2.24) is 10.9 Å². The summed E-state index contributed by atoms with van der Waals surface area (Å²) in [5.41, 5.74) is 6.22. The average molecular weight is 340 g/mol. The number of hydrogen-bond donors (Lipinski definition) is 2. The Balaban J connectivity index is 1.51. The van der Waals surface area contributed by atoms with E-state index in [4.69, 9.17) is 9.47 Å². The van der Waals surface area contributed by atoms with Gasteiger partial charge in [-0.05, 0) is 49.7 Å². The van der Waals surface area contributed by atoms with Crippen molar-refractivity contribution < 1.29 is 19.1 Å². The third-order valence-corrected chi connectivity index (χ3v) is 3.73. The Morgan fingerprint density at radius 3 is 2.48 bits per heavy atom. The summed E-state index contributed by atoms with van der Waals surface area (Å²) in [6.07, 6.45) is -0.0898. The van der Waals surface area contributed by atoms with Crippen LogP contribution >= 0.6 is 0 Å². The zero-order valence-corrected chi connectivity index (χ0v) is 14.1. The summed E-state index contributed by atoms with van der Waals surface area (Å²) >= 11 is 0. The Kier molecular flexibility index (Phi) is 4.88. The molecule has 0 spiro atoms. The largest absolute Gasteiger partial charge is 0.491 e. The molecular weight excluding hydrogens is 320 g/mol. The molecule has 3 rings (SSSR count). The maximum Gasteiger partial charge on any atom is 0.279 e. The van der Waals surface area contributed by atoms with Gasteiger partial charge in [0.15, 0.2) is 6.10 Å². The lowest BCUT2D eigenvalue weighted by Gasteiger charge is -2.13. The lowest BCUT2D eigenvalue weighted by molar-refractivity contribution is -0.128. The van der Waals surface area contributed by atoms with Crippen molar-refractivity contribution in [2.45, 2.75) is 32.5 Å². The van der Waals surface area contributed by atoms with Crippen LogP contribution in [-0.4, -0.2) is 24.0 Å². The maximum absolute atomic E-state index is 12.2. The molecule has 0 fully saturated rings. The molecule has 0 radical (unpaired) electrons. The highest BCUT2D eigenvalue weighted by Gasteiger charge is 2.28. The van der Waals surface area contributed by atoms with Gasteiger partial charge in [0.2, 0.25) is 0 Å². The first kappa shape index (κ1) is 16.8. The highest BCUT2D eigenvalue weighted by Crippen LogP contribution is 2.27. The van der Waals surface area contributed by atoms with E-state index < -0.39 is 12.0 Å². The zero-order valence-electron chi connectivity index (χ0n) is 14.1. The highest BCUT2D eigenvalue weighted by molar-refractivity contribution is 5.96. The van der Waals surface area contributed by atoms with Crippen LogP contribution in [0.1, 0.15) is 29.8 Å². The molecule has 0 unspecified atom stereocenters. The fourth-order valence-corrected chi connectivity index (χ4v) is 2.56. The smallest absolute Gasteiger partial charge is 0.279 e. The Morgan fingerprint density at radius 2 is 1.80 bits per heavy atom. The molecule has 2 N–H and O–H groups in total. The fraction of sp³-hybridized carbons (Fsp3) is 0.263. The number of hydrogen-bond acceptors (Lipinski definition) is 4. The van der Waals surface area contributed by atoms with Crippen molar-refractivity contribution in [3.05, 3.63) is 59.7 Å². The molecule has 0 saturated heterocycles. The number of para-hydroxylation sites is 1. The predicted molar refractivity (Wildman–Crippen MR) is 92.4 cm³/mol. The number of rotatable bonds is 4. The Morgan fingerprint density at radius 1 is 1.08 bits per heavy atom. The van der Waals surface area contributed by atoms with Gasteiger partial charge in [-0.3, -0.25) is 20.4 Å². The Labute approximate surface area is 146 Å². The van der Waals surface area contributed by atoms with Gasteiger partial charge in [0.25, 0.3) is 11.8 Å². The van der Waals surface area contributed by atoms with Crippen molar-refractivity contribution >= 4 is 11.8 Å². The number of carbonyl (C=O) groups is 2. The van der Waals surface area contributed by atoms with Crippen LogP contribution in [0.2, 0.25) is 0 Å². The summed E-state index contributed by atoms with van der Waals surface area (Å²) in [6, 6.07) is 14.2. The number of carbonyl (C=O) groups excluding carboxylic acids is 2. The lowest BCUT2D eigenvalue weighted by Crippen LogP contribution is -2.47. The minimum atomic E-state index is -0.639. The van der Waals surface area contributed by atoms with E-state index in [1.807, 2.05) is 38.1 Å². The summed E-state index contributed by atoms with van der Waals surface area (Å²) < 4.78 is 11.1. The van der Waals surface area contributed by atoms with Gasteiger partial charge in [-0.2, -0.15) is 0 Å². The highest BCUT2D eigenvalue weighted by atomic mass is 16.5. The standard InChI is InChI=1S/C19H20N2O4/c1-12(2)24-15-9-7-13(8-10-15)18(22)20-21-19(23)17-11-14-5-3-4-6-16(14)25-17/h3-10,12,17H,11H2,1-2H3,(H,20,22)(H,21,23)/t17-/m1/s1. The minimum absolute atomic E-state index is 0.0644. The molecule has 25 heavy (non-hydrogen) atoms. The molecule has 0 aliphatic carbocycles. The van der Waals surface area contributed by atoms with Gasteiger partial charge in [0.05, 0.1) is 6.10 Å². The molecule has 1 aliphatic rings. The molecule has 0 saturated carbocycles. The molecule has 1 atom stereocenters. The number of benzene rings is 2. The van der Waals surface area contributed by atoms with Gasteiger partial charge in [-0.15, -0.1) is 0 Å². The number of ether oxygens (including phenoxy) is 2. The first-order valence-corrected chi connectivity index (χ1v) is 8.14. The summed E-state index contributed by atoms with van der Waals surface area (Å²) in [7, 11) is 0. The minimum Gasteiger partial charge on any atom is -0.491 e. The van der Waals surface area contributed by atoms with Crippen LogP contribution in [0.25, 0.3) is 0 Å². The molecule has 2 aromatic carbocycles. The second kappa shape index (κ2) is 7.25. The number of hydrazine groups is 1. The second-order valence-corrected chi connectivity index (χ2v) is 6.05. The van der Waals surface area contributed by atoms with E-state index in [2.05, 4.69) is 10.9 Å². The van der Waals surface area contributed by atoms with Crippen LogP contribution in [0.4, 0.5) is 0 Å². The quantitative estimate of drug-likeness (QED) is 0.837. The van der Waals surface area contributed by atoms with Crippen LogP contribution in [0, 0.1) is 0 Å². The average Bonchev–Trinajstić information content (AvgIpc) is 3.03. The fourth-order valence-electron chi connectivity index (χ4n) is 2.56. The summed E-state index contributed by atoms with van der Waals surface area (Å²) in [4.78, 5) is 24.3. The Hall–Kier alpha value is -3.02. The van der Waals surface area contributed by atoms with E-state index in [0.717, 1.165) is 5.56 Å². The van der Waals surface area contributed by atoms with Crippen LogP contribution in [0.15, 0.2) is 48.5 Å². The predicted octanol–water partition coefficient (Wildman–Crippen LogP) is 2.24. The van der Waals surface area contributed by atoms with Crippen LogP contribution in [-0.2, 0) is 11.2 Å². The van der Waals surface area contributed by atoms with E-state index >= 15 is 0 Å². The van der Waals surface area contributed by atoms with Crippen molar-refractivity contribution in [2.75, 3.05) is 0 Å². The molecular formula is C19H20N2O4. The van der Waals surface area contributed by atoms with Crippen LogP contribution in [0.3, 0.4) is 0 Å². The van der Waals surface area contributed by atoms with Crippen LogP contribution in [0.5, 0.6) is 11.5 Å². The zero-order chi connectivity index (χ0) is 17.8. The van der Waals surface area contributed by atoms with Gasteiger partial charge in [-0.25, -0.2) is 0 Å². The molecule has 6 heteroatoms. The topological polar surface area (TPSA) is 76.7 Å². The molecule has 6 nitrogen and oxygen atoms in total. The molecule has 2 amide bonds. The van der Waals surface area contributed by atoms with E-state index in [-0.39, 0.29) is 12.0 Å². The monoisotopic (exact) mass is 340 g/mol. The summed E-state index contributed by atoms with van der Waals surface area (Å²) in [6.45, 7) is 3.86.